The van der Waals surface area contributed by atoms with Crippen LogP contribution in [0.2, 0.25) is 0 Å². The maximum Gasteiger partial charge on any atom is 0.187 e. The van der Waals surface area contributed by atoms with Crippen LogP contribution in [0.5, 0.6) is 0 Å². The van der Waals surface area contributed by atoms with Crippen LogP contribution in [-0.4, -0.2) is 63.5 Å². The van der Waals surface area contributed by atoms with Crippen molar-refractivity contribution in [2.24, 2.45) is 0 Å². The maximum absolute atomic E-state index is 5.48. The Balaban J connectivity index is 1.67. The number of aromatic nitrogens is 2. The second-order valence-electron chi connectivity index (χ2n) is 7.22. The molecule has 1 fully saturated rings. The number of rotatable bonds is 7. The molecule has 0 atom stereocenters. The summed E-state index contributed by atoms with van der Waals surface area (Å²) in [6.07, 6.45) is 0. The highest BCUT2D eigenvalue weighted by atomic mass is 32.1. The van der Waals surface area contributed by atoms with Crippen molar-refractivity contribution in [3.05, 3.63) is 28.7 Å². The molecule has 0 aromatic carbocycles. The quantitative estimate of drug-likeness (QED) is 0.532. The lowest BCUT2D eigenvalue weighted by Crippen LogP contribution is -3.12. The number of hydrogen-bond donors (Lipinski definition) is 3. The number of morpholine rings is 1. The lowest BCUT2D eigenvalue weighted by molar-refractivity contribution is -0.922. The van der Waals surface area contributed by atoms with Crippen molar-refractivity contribution in [2.75, 3.05) is 58.8 Å². The van der Waals surface area contributed by atoms with Crippen LogP contribution in [-0.2, 0) is 11.3 Å². The summed E-state index contributed by atoms with van der Waals surface area (Å²) in [5, 5.41) is 9.10. The molecule has 0 radical (unpaired) electrons. The molecule has 1 aliphatic heterocycles. The van der Waals surface area contributed by atoms with Crippen molar-refractivity contribution in [3.63, 3.8) is 0 Å². The first-order chi connectivity index (χ1) is 13.2. The van der Waals surface area contributed by atoms with Gasteiger partial charge >= 0.3 is 0 Å². The van der Waals surface area contributed by atoms with Crippen molar-refractivity contribution >= 4 is 38.7 Å². The minimum absolute atomic E-state index is 0.829. The van der Waals surface area contributed by atoms with Gasteiger partial charge < -0.3 is 19.9 Å². The van der Waals surface area contributed by atoms with Crippen LogP contribution in [0.3, 0.4) is 0 Å². The highest BCUT2D eigenvalue weighted by Gasteiger charge is 2.20. The first-order valence-corrected chi connectivity index (χ1v) is 11.2. The van der Waals surface area contributed by atoms with Crippen LogP contribution in [0, 0.1) is 0 Å². The fourth-order valence-electron chi connectivity index (χ4n) is 3.30. The van der Waals surface area contributed by atoms with Crippen LogP contribution < -0.4 is 15.1 Å². The van der Waals surface area contributed by atoms with Gasteiger partial charge in [0.05, 0.1) is 45.8 Å². The molecule has 6 nitrogen and oxygen atoms in total. The number of ether oxygens (including phenoxy) is 1. The minimum atomic E-state index is 0.829. The van der Waals surface area contributed by atoms with Gasteiger partial charge in [-0.2, -0.15) is 0 Å². The predicted octanol–water partition coefficient (Wildman–Crippen LogP) is 0.391. The zero-order valence-corrected chi connectivity index (χ0v) is 17.5. The van der Waals surface area contributed by atoms with Crippen LogP contribution in [0.25, 0.3) is 20.7 Å². The topological polar surface area (TPSA) is 55.9 Å². The van der Waals surface area contributed by atoms with Crippen LogP contribution in [0.15, 0.2) is 22.9 Å². The van der Waals surface area contributed by atoms with Gasteiger partial charge in [-0.3, -0.25) is 0 Å². The SMILES string of the molecule is C[NH+](C)CCNc1nc(C[NH+]2CCOCC2)nc2scc(-c3cccs3)c12. The van der Waals surface area contributed by atoms with Crippen LogP contribution in [0.4, 0.5) is 5.82 Å². The summed E-state index contributed by atoms with van der Waals surface area (Å²) in [5.41, 5.74) is 1.25. The number of fused-ring (bicyclic) bond motifs is 1. The third-order valence-electron chi connectivity index (χ3n) is 4.79. The van der Waals surface area contributed by atoms with Gasteiger partial charge in [0.2, 0.25) is 0 Å². The van der Waals surface area contributed by atoms with E-state index >= 15 is 0 Å². The summed E-state index contributed by atoms with van der Waals surface area (Å²) in [6, 6.07) is 4.27. The molecular formula is C19H27N5OS2+2. The molecule has 27 heavy (non-hydrogen) atoms. The molecule has 1 saturated heterocycles. The summed E-state index contributed by atoms with van der Waals surface area (Å²) < 4.78 is 5.48. The number of nitrogens with zero attached hydrogens (tertiary/aromatic N) is 2. The van der Waals surface area contributed by atoms with Gasteiger partial charge in [0, 0.05) is 15.8 Å². The zero-order chi connectivity index (χ0) is 18.6. The molecule has 4 rings (SSSR count). The Morgan fingerprint density at radius 2 is 2.07 bits per heavy atom. The summed E-state index contributed by atoms with van der Waals surface area (Å²) in [7, 11) is 4.35. The van der Waals surface area contributed by atoms with Crippen LogP contribution >= 0.6 is 22.7 Å². The second-order valence-corrected chi connectivity index (χ2v) is 9.02. The van der Waals surface area contributed by atoms with Gasteiger partial charge in [0.1, 0.15) is 30.3 Å². The van der Waals surface area contributed by atoms with Crippen molar-refractivity contribution in [2.45, 2.75) is 6.54 Å². The third-order valence-corrected chi connectivity index (χ3v) is 6.57. The molecule has 4 heterocycles. The fourth-order valence-corrected chi connectivity index (χ4v) is 5.08. The van der Waals surface area contributed by atoms with E-state index in [2.05, 4.69) is 42.3 Å². The Bertz CT molecular complexity index is 872. The summed E-state index contributed by atoms with van der Waals surface area (Å²) >= 11 is 3.49. The standard InChI is InChI=1S/C19H25N5OS2/c1-23(2)6-5-20-18-17-14(15-4-3-11-26-15)13-27-19(17)22-16(21-18)12-24-7-9-25-10-8-24/h3-4,11,13H,5-10,12H2,1-2H3,(H,20,21,22)/p+2. The molecule has 0 aliphatic carbocycles. The Kier molecular flexibility index (Phi) is 5.99. The van der Waals surface area contributed by atoms with E-state index in [1.54, 1.807) is 22.7 Å². The van der Waals surface area contributed by atoms with Gasteiger partial charge in [-0.15, -0.1) is 22.7 Å². The highest BCUT2D eigenvalue weighted by molar-refractivity contribution is 7.18. The first kappa shape index (κ1) is 18.8. The van der Waals surface area contributed by atoms with E-state index in [1.165, 1.54) is 20.2 Å². The van der Waals surface area contributed by atoms with E-state index in [9.17, 15) is 0 Å². The summed E-state index contributed by atoms with van der Waals surface area (Å²) in [6.45, 7) is 6.52. The predicted molar refractivity (Wildman–Crippen MR) is 112 cm³/mol. The molecule has 0 amide bonds. The molecule has 3 N–H and O–H groups in total. The molecule has 3 aromatic heterocycles. The van der Waals surface area contributed by atoms with Gasteiger partial charge in [-0.05, 0) is 11.4 Å². The molecule has 0 saturated carbocycles. The summed E-state index contributed by atoms with van der Waals surface area (Å²) in [5.74, 6) is 1.91. The number of thiophene rings is 2. The van der Waals surface area contributed by atoms with Gasteiger partial charge in [-0.1, -0.05) is 6.07 Å². The van der Waals surface area contributed by atoms with Gasteiger partial charge in [0.25, 0.3) is 0 Å². The van der Waals surface area contributed by atoms with E-state index in [0.717, 1.165) is 67.8 Å². The smallest absolute Gasteiger partial charge is 0.187 e. The zero-order valence-electron chi connectivity index (χ0n) is 15.9. The molecule has 1 aliphatic rings. The first-order valence-electron chi connectivity index (χ1n) is 9.47. The van der Waals surface area contributed by atoms with Crippen molar-refractivity contribution in [3.8, 4) is 10.4 Å². The van der Waals surface area contributed by atoms with Crippen molar-refractivity contribution < 1.29 is 14.5 Å². The second kappa shape index (κ2) is 8.62. The molecule has 0 spiro atoms. The number of likely N-dealkylation sites (N-methyl/N-ethyl adjacent to an activating group) is 1. The van der Waals surface area contributed by atoms with Gasteiger partial charge in [0.15, 0.2) is 5.82 Å². The number of quaternary nitrogens is 2. The molecule has 144 valence electrons. The molecular weight excluding hydrogens is 378 g/mol. The third kappa shape index (κ3) is 4.47. The number of hydrogen-bond acceptors (Lipinski definition) is 6. The van der Waals surface area contributed by atoms with Crippen molar-refractivity contribution in [1.82, 2.24) is 9.97 Å². The number of nitrogens with one attached hydrogen (secondary N) is 3. The Hall–Kier alpha value is -1.58. The Morgan fingerprint density at radius 1 is 1.22 bits per heavy atom. The molecule has 3 aromatic rings. The maximum atomic E-state index is 5.48. The van der Waals surface area contributed by atoms with Crippen LogP contribution in [0.1, 0.15) is 5.82 Å². The van der Waals surface area contributed by atoms with E-state index in [-0.39, 0.29) is 0 Å². The van der Waals surface area contributed by atoms with E-state index in [0.29, 0.717) is 0 Å². The summed E-state index contributed by atoms with van der Waals surface area (Å²) in [4.78, 5) is 15.1. The van der Waals surface area contributed by atoms with E-state index in [4.69, 9.17) is 14.7 Å². The fraction of sp³-hybridized carbons (Fsp3) is 0.474. The van der Waals surface area contributed by atoms with Crippen molar-refractivity contribution in [1.29, 1.82) is 0 Å². The lowest BCUT2D eigenvalue weighted by Gasteiger charge is -2.23. The molecule has 8 heteroatoms. The largest absolute Gasteiger partial charge is 0.370 e. The Labute approximate surface area is 167 Å². The molecule has 0 bridgehead atoms. The van der Waals surface area contributed by atoms with E-state index in [1.807, 2.05) is 0 Å². The number of anilines is 1. The average molecular weight is 406 g/mol. The van der Waals surface area contributed by atoms with Gasteiger partial charge in [-0.25, -0.2) is 9.97 Å². The normalized spacial score (nSPS) is 15.7. The minimum Gasteiger partial charge on any atom is -0.370 e. The van der Waals surface area contributed by atoms with E-state index < -0.39 is 0 Å². The lowest BCUT2D eigenvalue weighted by atomic mass is 10.2. The average Bonchev–Trinajstić information content (AvgIpc) is 3.31. The monoisotopic (exact) mass is 405 g/mol. The highest BCUT2D eigenvalue weighted by Crippen LogP contribution is 2.38. The molecule has 0 unspecified atom stereocenters. The Morgan fingerprint density at radius 3 is 2.81 bits per heavy atom.